The zero-order valence-corrected chi connectivity index (χ0v) is 19.3. The number of carbonyl (C=O) groups excluding carboxylic acids is 1. The number of aryl methyl sites for hydroxylation is 1. The summed E-state index contributed by atoms with van der Waals surface area (Å²) in [5.74, 6) is 1.27. The lowest BCUT2D eigenvalue weighted by atomic mass is 9.86. The fraction of sp³-hybridized carbons (Fsp3) is 0.619. The maximum Gasteiger partial charge on any atom is 0.308 e. The number of hydrogen-bond acceptors (Lipinski definition) is 3. The van der Waals surface area contributed by atoms with Gasteiger partial charge in [-0.15, -0.1) is 24.0 Å². The fourth-order valence-electron chi connectivity index (χ4n) is 3.38. The third-order valence-corrected chi connectivity index (χ3v) is 5.13. The average Bonchev–Trinajstić information content (AvgIpc) is 2.66. The molecule has 0 bridgehead atoms. The van der Waals surface area contributed by atoms with Crippen molar-refractivity contribution >= 4 is 35.9 Å². The first-order valence-electron chi connectivity index (χ1n) is 9.73. The van der Waals surface area contributed by atoms with E-state index in [4.69, 9.17) is 4.74 Å². The average molecular weight is 487 g/mol. The van der Waals surface area contributed by atoms with Gasteiger partial charge in [-0.1, -0.05) is 36.8 Å². The molecular formula is C21H34IN3O2. The van der Waals surface area contributed by atoms with Crippen molar-refractivity contribution < 1.29 is 9.53 Å². The molecule has 0 spiro atoms. The summed E-state index contributed by atoms with van der Waals surface area (Å²) in [7, 11) is 1.80. The molecule has 27 heavy (non-hydrogen) atoms. The van der Waals surface area contributed by atoms with Crippen LogP contribution in [0.3, 0.4) is 0 Å². The SMILES string of the molecule is CCOC(=O)C1CCC(NC(=NC)NCC(C)c2ccc(C)cc2)CC1.I. The summed E-state index contributed by atoms with van der Waals surface area (Å²) < 4.78 is 5.14. The number of aliphatic imine (C=N–C) groups is 1. The Labute approximate surface area is 180 Å². The minimum atomic E-state index is -0.0413. The van der Waals surface area contributed by atoms with Gasteiger partial charge in [-0.3, -0.25) is 9.79 Å². The van der Waals surface area contributed by atoms with Gasteiger partial charge < -0.3 is 15.4 Å². The fourth-order valence-corrected chi connectivity index (χ4v) is 3.38. The van der Waals surface area contributed by atoms with E-state index in [9.17, 15) is 4.79 Å². The zero-order chi connectivity index (χ0) is 18.9. The Bertz CT molecular complexity index is 596. The van der Waals surface area contributed by atoms with E-state index in [-0.39, 0.29) is 35.9 Å². The summed E-state index contributed by atoms with van der Waals surface area (Å²) in [5, 5.41) is 6.93. The number of guanidine groups is 1. The van der Waals surface area contributed by atoms with Gasteiger partial charge in [-0.25, -0.2) is 0 Å². The minimum absolute atomic E-state index is 0. The van der Waals surface area contributed by atoms with E-state index in [0.717, 1.165) is 38.2 Å². The summed E-state index contributed by atoms with van der Waals surface area (Å²) in [6, 6.07) is 9.05. The Morgan fingerprint density at radius 1 is 1.22 bits per heavy atom. The number of esters is 1. The molecule has 0 aliphatic heterocycles. The van der Waals surface area contributed by atoms with Crippen molar-refractivity contribution in [2.24, 2.45) is 10.9 Å². The van der Waals surface area contributed by atoms with Crippen LogP contribution >= 0.6 is 24.0 Å². The van der Waals surface area contributed by atoms with Crippen LogP contribution in [0.25, 0.3) is 0 Å². The van der Waals surface area contributed by atoms with Gasteiger partial charge in [0.1, 0.15) is 0 Å². The second-order valence-electron chi connectivity index (χ2n) is 7.21. The van der Waals surface area contributed by atoms with Crippen molar-refractivity contribution in [3.05, 3.63) is 35.4 Å². The zero-order valence-electron chi connectivity index (χ0n) is 17.0. The summed E-state index contributed by atoms with van der Waals surface area (Å²) in [6.45, 7) is 7.48. The van der Waals surface area contributed by atoms with Gasteiger partial charge in [0, 0.05) is 19.6 Å². The van der Waals surface area contributed by atoms with Crippen LogP contribution in [0.2, 0.25) is 0 Å². The molecule has 1 aromatic rings. The molecule has 5 nitrogen and oxygen atoms in total. The Morgan fingerprint density at radius 2 is 1.85 bits per heavy atom. The largest absolute Gasteiger partial charge is 0.466 e. The van der Waals surface area contributed by atoms with E-state index in [0.29, 0.717) is 18.6 Å². The number of halogens is 1. The number of hydrogen-bond donors (Lipinski definition) is 2. The Kier molecular flexibility index (Phi) is 10.7. The van der Waals surface area contributed by atoms with Crippen LogP contribution in [0.4, 0.5) is 0 Å². The molecular weight excluding hydrogens is 453 g/mol. The first-order valence-corrected chi connectivity index (χ1v) is 9.73. The van der Waals surface area contributed by atoms with Crippen LogP contribution < -0.4 is 10.6 Å². The highest BCUT2D eigenvalue weighted by molar-refractivity contribution is 14.0. The number of nitrogens with zero attached hydrogens (tertiary/aromatic N) is 1. The summed E-state index contributed by atoms with van der Waals surface area (Å²) in [5.41, 5.74) is 2.61. The molecule has 0 heterocycles. The molecule has 6 heteroatoms. The standard InChI is InChI=1S/C21H33N3O2.HI/c1-5-26-20(25)18-10-12-19(13-11-18)24-21(22-4)23-14-16(3)17-8-6-15(2)7-9-17;/h6-9,16,18-19H,5,10-14H2,1-4H3,(H2,22,23,24);1H. The number of ether oxygens (including phenoxy) is 1. The lowest BCUT2D eigenvalue weighted by Gasteiger charge is -2.29. The van der Waals surface area contributed by atoms with Crippen LogP contribution in [0, 0.1) is 12.8 Å². The smallest absolute Gasteiger partial charge is 0.308 e. The summed E-state index contributed by atoms with van der Waals surface area (Å²) in [4.78, 5) is 16.2. The second-order valence-corrected chi connectivity index (χ2v) is 7.21. The first-order chi connectivity index (χ1) is 12.5. The molecule has 0 aromatic heterocycles. The monoisotopic (exact) mass is 487 g/mol. The molecule has 1 unspecified atom stereocenters. The van der Waals surface area contributed by atoms with Gasteiger partial charge in [0.2, 0.25) is 0 Å². The first kappa shape index (κ1) is 23.7. The summed E-state index contributed by atoms with van der Waals surface area (Å²) in [6.07, 6.45) is 3.70. The van der Waals surface area contributed by atoms with Crippen LogP contribution in [0.1, 0.15) is 56.6 Å². The van der Waals surface area contributed by atoms with Crippen LogP contribution in [0.15, 0.2) is 29.3 Å². The molecule has 152 valence electrons. The molecule has 0 radical (unpaired) electrons. The summed E-state index contributed by atoms with van der Waals surface area (Å²) >= 11 is 0. The van der Waals surface area contributed by atoms with Crippen molar-refractivity contribution in [2.75, 3.05) is 20.2 Å². The van der Waals surface area contributed by atoms with Gasteiger partial charge in [0.15, 0.2) is 5.96 Å². The van der Waals surface area contributed by atoms with Crippen LogP contribution in [-0.2, 0) is 9.53 Å². The molecule has 1 fully saturated rings. The van der Waals surface area contributed by atoms with E-state index in [1.807, 2.05) is 6.92 Å². The van der Waals surface area contributed by atoms with Crippen molar-refractivity contribution in [1.29, 1.82) is 0 Å². The second kappa shape index (κ2) is 12.2. The third kappa shape index (κ3) is 7.68. The normalized spacial score (nSPS) is 21.0. The van der Waals surface area contributed by atoms with E-state index in [1.165, 1.54) is 11.1 Å². The molecule has 0 saturated heterocycles. The lowest BCUT2D eigenvalue weighted by molar-refractivity contribution is -0.149. The van der Waals surface area contributed by atoms with Gasteiger partial charge in [-0.05, 0) is 51.0 Å². The highest BCUT2D eigenvalue weighted by Gasteiger charge is 2.27. The predicted molar refractivity (Wildman–Crippen MR) is 122 cm³/mol. The van der Waals surface area contributed by atoms with Crippen molar-refractivity contribution in [3.8, 4) is 0 Å². The van der Waals surface area contributed by atoms with Crippen molar-refractivity contribution in [1.82, 2.24) is 10.6 Å². The molecule has 1 aliphatic rings. The molecule has 1 aromatic carbocycles. The van der Waals surface area contributed by atoms with Crippen LogP contribution in [0.5, 0.6) is 0 Å². The molecule has 2 N–H and O–H groups in total. The lowest BCUT2D eigenvalue weighted by Crippen LogP contribution is -2.46. The number of nitrogens with one attached hydrogen (secondary N) is 2. The maximum absolute atomic E-state index is 11.8. The predicted octanol–water partition coefficient (Wildman–Crippen LogP) is 4.00. The number of rotatable bonds is 6. The molecule has 2 rings (SSSR count). The van der Waals surface area contributed by atoms with E-state index < -0.39 is 0 Å². The Hall–Kier alpha value is -1.31. The van der Waals surface area contributed by atoms with Gasteiger partial charge in [0.25, 0.3) is 0 Å². The topological polar surface area (TPSA) is 62.7 Å². The van der Waals surface area contributed by atoms with E-state index >= 15 is 0 Å². The highest BCUT2D eigenvalue weighted by Crippen LogP contribution is 2.25. The van der Waals surface area contributed by atoms with Gasteiger partial charge >= 0.3 is 5.97 Å². The van der Waals surface area contributed by atoms with Crippen LogP contribution in [-0.4, -0.2) is 38.2 Å². The molecule has 0 amide bonds. The Balaban J connectivity index is 0.00000364. The van der Waals surface area contributed by atoms with E-state index in [2.05, 4.69) is 53.7 Å². The molecule has 1 aliphatic carbocycles. The maximum atomic E-state index is 11.8. The highest BCUT2D eigenvalue weighted by atomic mass is 127. The molecule has 1 saturated carbocycles. The molecule has 1 atom stereocenters. The third-order valence-electron chi connectivity index (χ3n) is 5.13. The minimum Gasteiger partial charge on any atom is -0.466 e. The number of benzene rings is 1. The number of carbonyl (C=O) groups is 1. The Morgan fingerprint density at radius 3 is 2.41 bits per heavy atom. The van der Waals surface area contributed by atoms with Gasteiger partial charge in [0.05, 0.1) is 12.5 Å². The van der Waals surface area contributed by atoms with Crippen molar-refractivity contribution in [2.45, 2.75) is 58.4 Å². The van der Waals surface area contributed by atoms with Crippen molar-refractivity contribution in [3.63, 3.8) is 0 Å². The quantitative estimate of drug-likeness (QED) is 0.276. The van der Waals surface area contributed by atoms with Gasteiger partial charge in [-0.2, -0.15) is 0 Å². The van der Waals surface area contributed by atoms with E-state index in [1.54, 1.807) is 7.05 Å².